The maximum Gasteiger partial charge on any atom is 0.258 e. The molecule has 0 bridgehead atoms. The van der Waals surface area contributed by atoms with Gasteiger partial charge in [-0.15, -0.1) is 0 Å². The third-order valence-electron chi connectivity index (χ3n) is 5.85. The Balaban J connectivity index is 0.00000363. The largest absolute Gasteiger partial charge is 0.484 e. The Morgan fingerprint density at radius 3 is 2.31 bits per heavy atom. The fourth-order valence-electron chi connectivity index (χ4n) is 3.96. The summed E-state index contributed by atoms with van der Waals surface area (Å²) >= 11 is 5.99. The van der Waals surface area contributed by atoms with Crippen molar-refractivity contribution in [1.29, 1.82) is 0 Å². The van der Waals surface area contributed by atoms with Gasteiger partial charge < -0.3 is 15.0 Å². The van der Waals surface area contributed by atoms with Crippen molar-refractivity contribution in [3.05, 3.63) is 64.7 Å². The summed E-state index contributed by atoms with van der Waals surface area (Å²) in [5.41, 5.74) is 2.23. The number of hydrogen-bond donors (Lipinski definition) is 1. The third kappa shape index (κ3) is 6.73. The predicted octanol–water partition coefficient (Wildman–Crippen LogP) is 5.21. The Kier molecular flexibility index (Phi) is 9.58. The summed E-state index contributed by atoms with van der Waals surface area (Å²) < 4.78 is 5.63. The van der Waals surface area contributed by atoms with Gasteiger partial charge >= 0.3 is 0 Å². The molecule has 0 spiro atoms. The molecule has 0 radical (unpaired) electrons. The van der Waals surface area contributed by atoms with Crippen molar-refractivity contribution in [3.8, 4) is 5.75 Å². The van der Waals surface area contributed by atoms with Crippen LogP contribution in [0.25, 0.3) is 0 Å². The maximum absolute atomic E-state index is 13.1. The lowest BCUT2D eigenvalue weighted by atomic mass is 9.89. The summed E-state index contributed by atoms with van der Waals surface area (Å²) in [5.74, 6) is 0.786. The molecule has 3 rings (SSSR count). The molecule has 0 saturated carbocycles. The van der Waals surface area contributed by atoms with Crippen molar-refractivity contribution in [2.45, 2.75) is 53.0 Å². The average molecular weight is 459 g/mol. The number of para-hydroxylation sites is 1. The molecule has 1 aliphatic rings. The molecule has 0 unspecified atom stereocenters. The molecular weight excluding hydrogens is 424 g/mol. The minimum absolute atomic E-state index is 0. The Labute approximate surface area is 197 Å². The summed E-state index contributed by atoms with van der Waals surface area (Å²) in [5, 5.41) is 3.62. The van der Waals surface area contributed by atoms with E-state index in [2.05, 4.69) is 17.4 Å². The Bertz CT molecular complexity index is 890. The number of halogens is 1. The summed E-state index contributed by atoms with van der Waals surface area (Å²) in [4.78, 5) is 27.5. The number of benzene rings is 2. The predicted molar refractivity (Wildman–Crippen MR) is 130 cm³/mol. The van der Waals surface area contributed by atoms with Crippen LogP contribution in [0.5, 0.6) is 5.75 Å². The van der Waals surface area contributed by atoms with Crippen molar-refractivity contribution in [3.63, 3.8) is 0 Å². The van der Waals surface area contributed by atoms with E-state index in [1.54, 1.807) is 0 Å². The van der Waals surface area contributed by atoms with Gasteiger partial charge in [0.05, 0.1) is 0 Å². The first kappa shape index (κ1) is 25.7. The molecule has 2 amide bonds. The van der Waals surface area contributed by atoms with Gasteiger partial charge in [-0.05, 0) is 60.9 Å². The van der Waals surface area contributed by atoms with E-state index >= 15 is 0 Å². The lowest BCUT2D eigenvalue weighted by Gasteiger charge is -2.35. The van der Waals surface area contributed by atoms with E-state index < -0.39 is 6.04 Å². The fourth-order valence-corrected chi connectivity index (χ4v) is 4.08. The first-order valence-corrected chi connectivity index (χ1v) is 11.2. The van der Waals surface area contributed by atoms with E-state index in [0.717, 1.165) is 23.4 Å². The van der Waals surface area contributed by atoms with Gasteiger partial charge in [-0.1, -0.05) is 63.2 Å². The molecule has 0 aliphatic carbocycles. The first-order valence-electron chi connectivity index (χ1n) is 10.9. The van der Waals surface area contributed by atoms with Crippen LogP contribution in [0.2, 0.25) is 5.02 Å². The summed E-state index contributed by atoms with van der Waals surface area (Å²) in [7, 11) is 0. The molecule has 1 atom stereocenters. The number of likely N-dealkylation sites (tertiary alicyclic amines) is 1. The lowest BCUT2D eigenvalue weighted by molar-refractivity contribution is -0.139. The van der Waals surface area contributed by atoms with Gasteiger partial charge in [-0.2, -0.15) is 0 Å². The normalized spacial score (nSPS) is 15.1. The van der Waals surface area contributed by atoms with Crippen LogP contribution >= 0.6 is 11.6 Å². The number of piperidine rings is 1. The molecule has 1 heterocycles. The van der Waals surface area contributed by atoms with Gasteiger partial charge in [0.15, 0.2) is 6.61 Å². The van der Waals surface area contributed by atoms with E-state index in [0.29, 0.717) is 24.8 Å². The van der Waals surface area contributed by atoms with Crippen LogP contribution in [0, 0.1) is 12.8 Å². The fraction of sp³-hybridized carbons (Fsp3) is 0.462. The van der Waals surface area contributed by atoms with Crippen LogP contribution < -0.4 is 10.1 Å². The van der Waals surface area contributed by atoms with E-state index in [4.69, 9.17) is 16.3 Å². The van der Waals surface area contributed by atoms with Crippen LogP contribution in [0.1, 0.15) is 51.2 Å². The molecule has 2 aromatic carbocycles. The Morgan fingerprint density at radius 2 is 1.72 bits per heavy atom. The van der Waals surface area contributed by atoms with E-state index in [1.807, 2.05) is 62.1 Å². The average Bonchev–Trinajstić information content (AvgIpc) is 2.77. The van der Waals surface area contributed by atoms with Crippen molar-refractivity contribution in [2.24, 2.45) is 5.92 Å². The topological polar surface area (TPSA) is 58.6 Å². The summed E-state index contributed by atoms with van der Waals surface area (Å²) in [6.07, 6.45) is 1.81. The van der Waals surface area contributed by atoms with Crippen LogP contribution in [0.15, 0.2) is 48.5 Å². The standard InChI is InChI=1S/C25H31ClN2O3.CH4/c1-17(2)24(27-23(29)16-31-22-7-5-4-6-18(22)3)25(30)28-14-12-20(13-15-28)19-8-10-21(26)11-9-19;/h4-11,17,20,24H,12-16H2,1-3H3,(H,27,29);1H4/t24-;/m1./s1. The SMILES string of the molecule is C.Cc1ccccc1OCC(=O)N[C@@H](C(=O)N1CCC(c2ccc(Cl)cc2)CC1)C(C)C. The summed E-state index contributed by atoms with van der Waals surface area (Å²) in [6.45, 7) is 7.09. The number of aryl methyl sites for hydroxylation is 1. The van der Waals surface area contributed by atoms with Crippen molar-refractivity contribution < 1.29 is 14.3 Å². The number of hydrogen-bond acceptors (Lipinski definition) is 3. The molecule has 174 valence electrons. The molecule has 32 heavy (non-hydrogen) atoms. The number of rotatable bonds is 7. The highest BCUT2D eigenvalue weighted by atomic mass is 35.5. The van der Waals surface area contributed by atoms with Gasteiger partial charge in [-0.25, -0.2) is 0 Å². The van der Waals surface area contributed by atoms with Crippen molar-refractivity contribution >= 4 is 23.4 Å². The molecule has 0 aromatic heterocycles. The molecule has 2 aromatic rings. The highest BCUT2D eigenvalue weighted by Crippen LogP contribution is 2.29. The van der Waals surface area contributed by atoms with Gasteiger partial charge in [0.2, 0.25) is 5.91 Å². The number of nitrogens with one attached hydrogen (secondary N) is 1. The maximum atomic E-state index is 13.1. The van der Waals surface area contributed by atoms with Gasteiger partial charge in [0, 0.05) is 18.1 Å². The van der Waals surface area contributed by atoms with E-state index in [9.17, 15) is 9.59 Å². The molecule has 1 saturated heterocycles. The zero-order valence-electron chi connectivity index (χ0n) is 18.4. The monoisotopic (exact) mass is 458 g/mol. The zero-order valence-corrected chi connectivity index (χ0v) is 19.2. The van der Waals surface area contributed by atoms with Gasteiger partial charge in [0.1, 0.15) is 11.8 Å². The Hall–Kier alpha value is -2.53. The van der Waals surface area contributed by atoms with Crippen molar-refractivity contribution in [1.82, 2.24) is 10.2 Å². The molecule has 5 nitrogen and oxygen atoms in total. The van der Waals surface area contributed by atoms with Crippen LogP contribution in [-0.4, -0.2) is 42.5 Å². The van der Waals surface area contributed by atoms with Crippen LogP contribution in [0.4, 0.5) is 0 Å². The first-order chi connectivity index (χ1) is 14.8. The van der Waals surface area contributed by atoms with Gasteiger partial charge in [0.25, 0.3) is 5.91 Å². The van der Waals surface area contributed by atoms with Crippen LogP contribution in [0.3, 0.4) is 0 Å². The van der Waals surface area contributed by atoms with Crippen molar-refractivity contribution in [2.75, 3.05) is 19.7 Å². The number of carbonyl (C=O) groups is 2. The Morgan fingerprint density at radius 1 is 1.09 bits per heavy atom. The second-order valence-electron chi connectivity index (χ2n) is 8.49. The summed E-state index contributed by atoms with van der Waals surface area (Å²) in [6, 6.07) is 15.0. The zero-order chi connectivity index (χ0) is 22.4. The number of carbonyl (C=O) groups excluding carboxylic acids is 2. The third-order valence-corrected chi connectivity index (χ3v) is 6.10. The minimum Gasteiger partial charge on any atom is -0.484 e. The molecule has 1 fully saturated rings. The molecular formula is C26H35ClN2O3. The smallest absolute Gasteiger partial charge is 0.258 e. The lowest BCUT2D eigenvalue weighted by Crippen LogP contribution is -2.53. The number of nitrogens with zero attached hydrogens (tertiary/aromatic N) is 1. The quantitative estimate of drug-likeness (QED) is 0.619. The highest BCUT2D eigenvalue weighted by molar-refractivity contribution is 6.30. The molecule has 1 N–H and O–H groups in total. The number of ether oxygens (including phenoxy) is 1. The second-order valence-corrected chi connectivity index (χ2v) is 8.93. The molecule has 1 aliphatic heterocycles. The molecule has 6 heteroatoms. The minimum atomic E-state index is -0.556. The number of amides is 2. The van der Waals surface area contributed by atoms with E-state index in [1.165, 1.54) is 5.56 Å². The second kappa shape index (κ2) is 11.9. The van der Waals surface area contributed by atoms with Gasteiger partial charge in [-0.3, -0.25) is 9.59 Å². The van der Waals surface area contributed by atoms with Crippen LogP contribution in [-0.2, 0) is 9.59 Å². The van der Waals surface area contributed by atoms with E-state index in [-0.39, 0.29) is 31.8 Å². The highest BCUT2D eigenvalue weighted by Gasteiger charge is 2.31.